The van der Waals surface area contributed by atoms with Crippen LogP contribution in [-0.4, -0.2) is 26.3 Å². The minimum absolute atomic E-state index is 0.0411. The van der Waals surface area contributed by atoms with E-state index in [1.54, 1.807) is 6.92 Å². The highest BCUT2D eigenvalue weighted by Crippen LogP contribution is 2.31. The second kappa shape index (κ2) is 6.69. The molecule has 23 heavy (non-hydrogen) atoms. The van der Waals surface area contributed by atoms with E-state index in [2.05, 4.69) is 10.5 Å². The third kappa shape index (κ3) is 3.81. The summed E-state index contributed by atoms with van der Waals surface area (Å²) in [5.41, 5.74) is 1.23. The summed E-state index contributed by atoms with van der Waals surface area (Å²) in [4.78, 5) is 20.3. The van der Waals surface area contributed by atoms with Crippen molar-refractivity contribution in [2.45, 2.75) is 44.6 Å². The largest absolute Gasteiger partial charge is 0.384 e. The number of nitro benzene ring substituents is 2. The average molecular weight is 322 g/mol. The summed E-state index contributed by atoms with van der Waals surface area (Å²) in [7, 11) is 0. The van der Waals surface area contributed by atoms with Gasteiger partial charge >= 0.3 is 5.69 Å². The number of hydrogen-bond acceptors (Lipinski definition) is 7. The maximum atomic E-state index is 11.1. The fourth-order valence-electron chi connectivity index (χ4n) is 2.63. The van der Waals surface area contributed by atoms with Gasteiger partial charge in [-0.2, -0.15) is 5.10 Å². The topological polar surface area (TPSA) is 131 Å². The van der Waals surface area contributed by atoms with E-state index in [0.29, 0.717) is 18.6 Å². The summed E-state index contributed by atoms with van der Waals surface area (Å²) in [5.74, 6) is 0. The molecule has 0 spiro atoms. The molecule has 0 heterocycles. The zero-order chi connectivity index (χ0) is 17.0. The summed E-state index contributed by atoms with van der Waals surface area (Å²) in [6.07, 6.45) is 4.08. The first kappa shape index (κ1) is 16.8. The Hall–Kier alpha value is -2.55. The Kier molecular flexibility index (Phi) is 4.89. The second-order valence-electron chi connectivity index (χ2n) is 5.62. The van der Waals surface area contributed by atoms with E-state index < -0.39 is 21.1 Å². The Morgan fingerprint density at radius 1 is 1.22 bits per heavy atom. The van der Waals surface area contributed by atoms with Crippen molar-refractivity contribution < 1.29 is 15.0 Å². The van der Waals surface area contributed by atoms with Gasteiger partial charge in [0.15, 0.2) is 0 Å². The zero-order valence-electron chi connectivity index (χ0n) is 12.7. The molecule has 0 aromatic heterocycles. The standard InChI is InChI=1S/C14H18N4O5/c1-10(14(19)7-3-2-4-8-14)15-16-12-6-5-11(17(20)21)9-13(12)18(22)23/h5-6,9,16,19H,2-4,7-8H2,1H3. The number of aliphatic hydroxyl groups is 1. The van der Waals surface area contributed by atoms with Gasteiger partial charge in [-0.05, 0) is 25.8 Å². The van der Waals surface area contributed by atoms with E-state index in [1.165, 1.54) is 6.07 Å². The van der Waals surface area contributed by atoms with Crippen LogP contribution in [0.1, 0.15) is 39.0 Å². The number of hydrazone groups is 1. The quantitative estimate of drug-likeness (QED) is 0.486. The molecule has 9 nitrogen and oxygen atoms in total. The second-order valence-corrected chi connectivity index (χ2v) is 5.62. The van der Waals surface area contributed by atoms with Crippen LogP contribution in [0.5, 0.6) is 0 Å². The zero-order valence-corrected chi connectivity index (χ0v) is 12.7. The number of benzene rings is 1. The molecule has 9 heteroatoms. The first-order valence-corrected chi connectivity index (χ1v) is 7.29. The molecule has 1 aromatic carbocycles. The van der Waals surface area contributed by atoms with Crippen LogP contribution < -0.4 is 5.43 Å². The third-order valence-electron chi connectivity index (χ3n) is 4.09. The third-order valence-corrected chi connectivity index (χ3v) is 4.09. The lowest BCUT2D eigenvalue weighted by molar-refractivity contribution is -0.393. The summed E-state index contributed by atoms with van der Waals surface area (Å²) < 4.78 is 0. The summed E-state index contributed by atoms with van der Waals surface area (Å²) >= 11 is 0. The smallest absolute Gasteiger partial charge is 0.301 e. The number of nitrogens with zero attached hydrogens (tertiary/aromatic N) is 3. The Bertz CT molecular complexity index is 653. The molecular weight excluding hydrogens is 304 g/mol. The molecule has 124 valence electrons. The highest BCUT2D eigenvalue weighted by Gasteiger charge is 2.32. The van der Waals surface area contributed by atoms with Crippen LogP contribution in [0.25, 0.3) is 0 Å². The van der Waals surface area contributed by atoms with Crippen LogP contribution in [0, 0.1) is 20.2 Å². The first-order chi connectivity index (χ1) is 10.8. The lowest BCUT2D eigenvalue weighted by Crippen LogP contribution is -2.39. The van der Waals surface area contributed by atoms with Gasteiger partial charge in [-0.15, -0.1) is 0 Å². The van der Waals surface area contributed by atoms with E-state index in [4.69, 9.17) is 0 Å². The van der Waals surface area contributed by atoms with Crippen molar-refractivity contribution in [1.82, 2.24) is 0 Å². The van der Waals surface area contributed by atoms with E-state index in [0.717, 1.165) is 31.4 Å². The lowest BCUT2D eigenvalue weighted by Gasteiger charge is -2.31. The number of hydrogen-bond donors (Lipinski definition) is 2. The van der Waals surface area contributed by atoms with E-state index in [-0.39, 0.29) is 11.4 Å². The first-order valence-electron chi connectivity index (χ1n) is 7.29. The normalized spacial score (nSPS) is 17.6. The molecule has 0 aliphatic heterocycles. The SMILES string of the molecule is CC(=NNc1ccc([N+](=O)[O-])cc1[N+](=O)[O-])C1(O)CCCCC1. The van der Waals surface area contributed by atoms with Gasteiger partial charge in [-0.25, -0.2) is 0 Å². The molecule has 1 aliphatic carbocycles. The highest BCUT2D eigenvalue weighted by molar-refractivity contribution is 5.91. The van der Waals surface area contributed by atoms with Gasteiger partial charge in [0, 0.05) is 6.07 Å². The van der Waals surface area contributed by atoms with Crippen molar-refractivity contribution in [3.63, 3.8) is 0 Å². The predicted molar refractivity (Wildman–Crippen MR) is 84.5 cm³/mol. The number of non-ortho nitro benzene ring substituents is 1. The number of nitrogens with one attached hydrogen (secondary N) is 1. The Morgan fingerprint density at radius 2 is 1.87 bits per heavy atom. The van der Waals surface area contributed by atoms with Gasteiger partial charge in [0.05, 0.1) is 21.6 Å². The van der Waals surface area contributed by atoms with Crippen LogP contribution in [0.2, 0.25) is 0 Å². The maximum absolute atomic E-state index is 11.1. The molecule has 1 aliphatic rings. The average Bonchev–Trinajstić information content (AvgIpc) is 2.52. The Balaban J connectivity index is 2.23. The van der Waals surface area contributed by atoms with E-state index in [9.17, 15) is 25.3 Å². The van der Waals surface area contributed by atoms with Crippen molar-refractivity contribution in [2.75, 3.05) is 5.43 Å². The van der Waals surface area contributed by atoms with Crippen molar-refractivity contribution in [2.24, 2.45) is 5.10 Å². The highest BCUT2D eigenvalue weighted by atomic mass is 16.6. The number of rotatable bonds is 5. The van der Waals surface area contributed by atoms with E-state index >= 15 is 0 Å². The number of anilines is 1. The van der Waals surface area contributed by atoms with Gasteiger partial charge in [0.25, 0.3) is 5.69 Å². The Labute approximate surface area is 132 Å². The van der Waals surface area contributed by atoms with Gasteiger partial charge in [-0.3, -0.25) is 25.7 Å². The van der Waals surface area contributed by atoms with Crippen LogP contribution in [-0.2, 0) is 0 Å². The van der Waals surface area contributed by atoms with Crippen LogP contribution in [0.3, 0.4) is 0 Å². The number of nitro groups is 2. The fourth-order valence-corrected chi connectivity index (χ4v) is 2.63. The summed E-state index contributed by atoms with van der Waals surface area (Å²) in [6, 6.07) is 3.27. The monoisotopic (exact) mass is 322 g/mol. The maximum Gasteiger partial charge on any atom is 0.301 e. The molecule has 1 fully saturated rings. The van der Waals surface area contributed by atoms with Gasteiger partial charge in [-0.1, -0.05) is 19.3 Å². The van der Waals surface area contributed by atoms with Crippen LogP contribution in [0.15, 0.2) is 23.3 Å². The van der Waals surface area contributed by atoms with Crippen molar-refractivity contribution in [1.29, 1.82) is 0 Å². The van der Waals surface area contributed by atoms with Crippen molar-refractivity contribution in [3.8, 4) is 0 Å². The molecule has 0 unspecified atom stereocenters. The van der Waals surface area contributed by atoms with Gasteiger partial charge in [0.1, 0.15) is 11.3 Å². The lowest BCUT2D eigenvalue weighted by atomic mass is 9.82. The van der Waals surface area contributed by atoms with Gasteiger partial charge in [0.2, 0.25) is 0 Å². The van der Waals surface area contributed by atoms with E-state index in [1.807, 2.05) is 0 Å². The molecule has 0 amide bonds. The van der Waals surface area contributed by atoms with Gasteiger partial charge < -0.3 is 5.11 Å². The Morgan fingerprint density at radius 3 is 2.43 bits per heavy atom. The molecule has 0 radical (unpaired) electrons. The molecule has 2 rings (SSSR count). The molecule has 0 saturated heterocycles. The predicted octanol–water partition coefficient (Wildman–Crippen LogP) is 2.99. The molecule has 0 bridgehead atoms. The summed E-state index contributed by atoms with van der Waals surface area (Å²) in [5, 5.41) is 36.3. The summed E-state index contributed by atoms with van der Waals surface area (Å²) in [6.45, 7) is 1.66. The molecule has 1 aromatic rings. The molecule has 0 atom stereocenters. The minimum atomic E-state index is -0.999. The molecule has 2 N–H and O–H groups in total. The molecular formula is C14H18N4O5. The molecule has 1 saturated carbocycles. The van der Waals surface area contributed by atoms with Crippen LogP contribution >= 0.6 is 0 Å². The van der Waals surface area contributed by atoms with Crippen molar-refractivity contribution in [3.05, 3.63) is 38.4 Å². The van der Waals surface area contributed by atoms with Crippen molar-refractivity contribution >= 4 is 22.8 Å². The fraction of sp³-hybridized carbons (Fsp3) is 0.500. The van der Waals surface area contributed by atoms with Crippen LogP contribution in [0.4, 0.5) is 17.1 Å². The minimum Gasteiger partial charge on any atom is -0.384 e.